The zero-order valence-corrected chi connectivity index (χ0v) is 14.8. The lowest BCUT2D eigenvalue weighted by molar-refractivity contribution is -0.138. The van der Waals surface area contributed by atoms with E-state index in [1.807, 2.05) is 6.07 Å². The summed E-state index contributed by atoms with van der Waals surface area (Å²) in [5.74, 6) is -1.28. The second-order valence-electron chi connectivity index (χ2n) is 5.18. The third kappa shape index (κ3) is 3.92. The topological polar surface area (TPSA) is 98.5 Å². The number of nitriles is 1. The maximum atomic E-state index is 13.1. The normalized spacial score (nSPS) is 12.2. The molecule has 0 saturated heterocycles. The van der Waals surface area contributed by atoms with Crippen molar-refractivity contribution in [1.82, 2.24) is 0 Å². The van der Waals surface area contributed by atoms with Crippen LogP contribution in [0.1, 0.15) is 18.9 Å². The summed E-state index contributed by atoms with van der Waals surface area (Å²) in [4.78, 5) is 11.6. The Kier molecular flexibility index (Phi) is 5.67. The van der Waals surface area contributed by atoms with E-state index < -0.39 is 22.0 Å². The molecular weight excluding hydrogens is 364 g/mol. The van der Waals surface area contributed by atoms with E-state index in [4.69, 9.17) is 16.9 Å². The fraction of sp³-hybridized carbons (Fsp3) is 0.176. The number of anilines is 1. The van der Waals surface area contributed by atoms with Crippen LogP contribution in [0.15, 0.2) is 53.4 Å². The zero-order chi connectivity index (χ0) is 18.6. The highest BCUT2D eigenvalue weighted by Gasteiger charge is 2.35. The molecule has 1 unspecified atom stereocenters. The number of carbonyl (C=O) groups is 1. The molecular formula is C17H15ClN2O4S. The monoisotopic (exact) mass is 378 g/mol. The second-order valence-corrected chi connectivity index (χ2v) is 7.43. The summed E-state index contributed by atoms with van der Waals surface area (Å²) in [6.07, 6.45) is 0.0545. The van der Waals surface area contributed by atoms with Gasteiger partial charge in [0.2, 0.25) is 0 Å². The van der Waals surface area contributed by atoms with Gasteiger partial charge in [-0.25, -0.2) is 13.2 Å². The number of aliphatic carboxylic acids is 1. The van der Waals surface area contributed by atoms with E-state index in [-0.39, 0.29) is 22.6 Å². The average molecular weight is 379 g/mol. The predicted molar refractivity (Wildman–Crippen MR) is 94.0 cm³/mol. The second kappa shape index (κ2) is 7.55. The Morgan fingerprint density at radius 1 is 1.28 bits per heavy atom. The van der Waals surface area contributed by atoms with Gasteiger partial charge in [0.05, 0.1) is 22.2 Å². The molecule has 2 aromatic carbocycles. The van der Waals surface area contributed by atoms with Crippen LogP contribution in [0.4, 0.5) is 5.69 Å². The zero-order valence-electron chi connectivity index (χ0n) is 13.3. The van der Waals surface area contributed by atoms with E-state index in [1.54, 1.807) is 6.92 Å². The maximum Gasteiger partial charge on any atom is 0.327 e. The van der Waals surface area contributed by atoms with Crippen molar-refractivity contribution in [2.24, 2.45) is 0 Å². The quantitative estimate of drug-likeness (QED) is 0.831. The predicted octanol–water partition coefficient (Wildman–Crippen LogP) is 3.27. The number of carboxylic acids is 1. The highest BCUT2D eigenvalue weighted by atomic mass is 35.5. The van der Waals surface area contributed by atoms with Gasteiger partial charge < -0.3 is 5.11 Å². The van der Waals surface area contributed by atoms with Crippen LogP contribution in [-0.4, -0.2) is 25.5 Å². The largest absolute Gasteiger partial charge is 0.480 e. The summed E-state index contributed by atoms with van der Waals surface area (Å²) in [6.45, 7) is 1.58. The molecule has 6 nitrogen and oxygen atoms in total. The Labute approximate surface area is 150 Å². The van der Waals surface area contributed by atoms with Crippen molar-refractivity contribution in [2.45, 2.75) is 24.3 Å². The number of sulfonamides is 1. The molecule has 8 heteroatoms. The summed E-state index contributed by atoms with van der Waals surface area (Å²) >= 11 is 5.80. The molecule has 1 atom stereocenters. The number of hydrogen-bond donors (Lipinski definition) is 1. The Morgan fingerprint density at radius 3 is 2.44 bits per heavy atom. The van der Waals surface area contributed by atoms with Crippen molar-refractivity contribution in [2.75, 3.05) is 4.31 Å². The Balaban J connectivity index is 2.67. The Bertz CT molecular complexity index is 920. The number of nitrogens with zero attached hydrogens (tertiary/aromatic N) is 2. The number of halogens is 1. The van der Waals surface area contributed by atoms with Crippen molar-refractivity contribution in [3.05, 3.63) is 59.1 Å². The lowest BCUT2D eigenvalue weighted by Crippen LogP contribution is -2.45. The first-order chi connectivity index (χ1) is 11.8. The fourth-order valence-electron chi connectivity index (χ4n) is 2.36. The van der Waals surface area contributed by atoms with E-state index in [9.17, 15) is 18.3 Å². The van der Waals surface area contributed by atoms with Gasteiger partial charge in [-0.1, -0.05) is 24.6 Å². The van der Waals surface area contributed by atoms with Crippen LogP contribution in [-0.2, 0) is 14.8 Å². The molecule has 0 aliphatic heterocycles. The molecule has 2 aromatic rings. The summed E-state index contributed by atoms with van der Waals surface area (Å²) in [7, 11) is -4.17. The molecule has 0 aromatic heterocycles. The highest BCUT2D eigenvalue weighted by molar-refractivity contribution is 7.93. The van der Waals surface area contributed by atoms with Crippen LogP contribution >= 0.6 is 11.6 Å². The van der Waals surface area contributed by atoms with Crippen molar-refractivity contribution < 1.29 is 18.3 Å². The van der Waals surface area contributed by atoms with Gasteiger partial charge in [0, 0.05) is 5.02 Å². The van der Waals surface area contributed by atoms with Crippen LogP contribution in [0.25, 0.3) is 0 Å². The van der Waals surface area contributed by atoms with Crippen molar-refractivity contribution >= 4 is 33.3 Å². The molecule has 0 heterocycles. The van der Waals surface area contributed by atoms with Gasteiger partial charge in [0.25, 0.3) is 10.0 Å². The third-order valence-corrected chi connectivity index (χ3v) is 5.66. The number of hydrogen-bond acceptors (Lipinski definition) is 4. The van der Waals surface area contributed by atoms with Gasteiger partial charge >= 0.3 is 5.97 Å². The van der Waals surface area contributed by atoms with Crippen LogP contribution < -0.4 is 4.31 Å². The van der Waals surface area contributed by atoms with Crippen molar-refractivity contribution in [3.8, 4) is 6.07 Å². The number of benzene rings is 2. The number of carboxylic acid groups (broad SMARTS) is 1. The first-order valence-electron chi connectivity index (χ1n) is 7.34. The minimum Gasteiger partial charge on any atom is -0.480 e. The minimum atomic E-state index is -4.17. The van der Waals surface area contributed by atoms with Gasteiger partial charge in [0.1, 0.15) is 6.04 Å². The van der Waals surface area contributed by atoms with Crippen molar-refractivity contribution in [1.29, 1.82) is 5.26 Å². The molecule has 2 rings (SSSR count). The van der Waals surface area contributed by atoms with E-state index >= 15 is 0 Å². The van der Waals surface area contributed by atoms with Crippen LogP contribution in [0.2, 0.25) is 5.02 Å². The Hall–Kier alpha value is -2.56. The summed E-state index contributed by atoms with van der Waals surface area (Å²) in [5, 5.41) is 18.9. The lowest BCUT2D eigenvalue weighted by Gasteiger charge is -2.29. The molecule has 0 amide bonds. The van der Waals surface area contributed by atoms with Crippen molar-refractivity contribution in [3.63, 3.8) is 0 Å². The minimum absolute atomic E-state index is 0.0545. The Morgan fingerprint density at radius 2 is 1.92 bits per heavy atom. The third-order valence-electron chi connectivity index (χ3n) is 3.56. The van der Waals surface area contributed by atoms with E-state index in [0.717, 1.165) is 4.31 Å². The molecule has 0 aliphatic carbocycles. The summed E-state index contributed by atoms with van der Waals surface area (Å²) < 4.78 is 27.0. The lowest BCUT2D eigenvalue weighted by atomic mass is 10.1. The van der Waals surface area contributed by atoms with Crippen LogP contribution in [0.5, 0.6) is 0 Å². The molecule has 0 radical (unpaired) electrons. The number of rotatable bonds is 6. The average Bonchev–Trinajstić information content (AvgIpc) is 2.59. The van der Waals surface area contributed by atoms with Gasteiger partial charge in [-0.3, -0.25) is 4.31 Å². The fourth-order valence-corrected chi connectivity index (χ4v) is 4.16. The molecule has 130 valence electrons. The first-order valence-corrected chi connectivity index (χ1v) is 9.16. The van der Waals surface area contributed by atoms with Crippen LogP contribution in [0, 0.1) is 11.3 Å². The summed E-state index contributed by atoms with van der Waals surface area (Å²) in [5.41, 5.74) is 0.345. The van der Waals surface area contributed by atoms with E-state index in [1.165, 1.54) is 48.5 Å². The molecule has 1 N–H and O–H groups in total. The SMILES string of the molecule is CCC(C(=O)O)N(c1cccc(C#N)c1)S(=O)(=O)c1ccc(Cl)cc1. The molecule has 0 spiro atoms. The van der Waals surface area contributed by atoms with Gasteiger partial charge in [-0.15, -0.1) is 0 Å². The highest BCUT2D eigenvalue weighted by Crippen LogP contribution is 2.29. The van der Waals surface area contributed by atoms with E-state index in [2.05, 4.69) is 0 Å². The molecule has 25 heavy (non-hydrogen) atoms. The summed E-state index contributed by atoms with van der Waals surface area (Å²) in [6, 6.07) is 11.9. The first kappa shape index (κ1) is 18.8. The molecule has 0 bridgehead atoms. The smallest absolute Gasteiger partial charge is 0.327 e. The molecule has 0 saturated carbocycles. The molecule has 0 aliphatic rings. The molecule has 0 fully saturated rings. The van der Waals surface area contributed by atoms with Crippen LogP contribution in [0.3, 0.4) is 0 Å². The standard InChI is InChI=1S/C17H15ClN2O4S/c1-2-16(17(21)22)20(14-5-3-4-12(10-14)11-19)25(23,24)15-8-6-13(18)7-9-15/h3-10,16H,2H2,1H3,(H,21,22). The van der Waals surface area contributed by atoms with Gasteiger partial charge in [0.15, 0.2) is 0 Å². The van der Waals surface area contributed by atoms with E-state index in [0.29, 0.717) is 5.02 Å². The maximum absolute atomic E-state index is 13.1. The van der Waals surface area contributed by atoms with Gasteiger partial charge in [-0.05, 0) is 48.9 Å². The van der Waals surface area contributed by atoms with Gasteiger partial charge in [-0.2, -0.15) is 5.26 Å².